The van der Waals surface area contributed by atoms with Crippen LogP contribution in [0.4, 0.5) is 5.69 Å². The Kier molecular flexibility index (Phi) is 6.64. The van der Waals surface area contributed by atoms with Crippen LogP contribution in [0.5, 0.6) is 11.5 Å². The first-order valence-corrected chi connectivity index (χ1v) is 9.93. The van der Waals surface area contributed by atoms with Crippen LogP contribution in [0.2, 0.25) is 5.02 Å². The smallest absolute Gasteiger partial charge is 0.260 e. The first-order valence-electron chi connectivity index (χ1n) is 9.55. The highest BCUT2D eigenvalue weighted by Gasteiger charge is 2.32. The Bertz CT molecular complexity index is 898. The molecule has 1 atom stereocenters. The Morgan fingerprint density at radius 2 is 1.76 bits per heavy atom. The van der Waals surface area contributed by atoms with Crippen molar-refractivity contribution in [3.63, 3.8) is 0 Å². The van der Waals surface area contributed by atoms with E-state index in [-0.39, 0.29) is 11.8 Å². The van der Waals surface area contributed by atoms with Gasteiger partial charge in [-0.15, -0.1) is 0 Å². The van der Waals surface area contributed by atoms with Crippen molar-refractivity contribution in [2.45, 2.75) is 32.2 Å². The van der Waals surface area contributed by atoms with Gasteiger partial charge < -0.3 is 14.8 Å². The number of carbonyl (C=O) groups excluding carboxylic acids is 2. The zero-order chi connectivity index (χ0) is 21.0. The summed E-state index contributed by atoms with van der Waals surface area (Å²) in [6.45, 7) is 2.34. The van der Waals surface area contributed by atoms with E-state index in [4.69, 9.17) is 21.1 Å². The lowest BCUT2D eigenvalue weighted by molar-refractivity contribution is -0.128. The van der Waals surface area contributed by atoms with Crippen LogP contribution in [0.3, 0.4) is 0 Å². The lowest BCUT2D eigenvalue weighted by Gasteiger charge is -2.25. The third-order valence-electron chi connectivity index (χ3n) is 5.09. The van der Waals surface area contributed by atoms with Crippen molar-refractivity contribution in [1.82, 2.24) is 4.90 Å². The Hall–Kier alpha value is -2.73. The number of carbonyl (C=O) groups is 2. The minimum atomic E-state index is -0.495. The fourth-order valence-corrected chi connectivity index (χ4v) is 3.57. The summed E-state index contributed by atoms with van der Waals surface area (Å²) in [4.78, 5) is 27.4. The summed E-state index contributed by atoms with van der Waals surface area (Å²) >= 11 is 5.91. The van der Waals surface area contributed by atoms with Gasteiger partial charge in [0.1, 0.15) is 6.04 Å². The average Bonchev–Trinajstić information content (AvgIpc) is 2.90. The van der Waals surface area contributed by atoms with Crippen LogP contribution < -0.4 is 14.8 Å². The molecule has 1 aliphatic heterocycles. The first-order chi connectivity index (χ1) is 13.9. The topological polar surface area (TPSA) is 67.9 Å². The van der Waals surface area contributed by atoms with Gasteiger partial charge in [0.25, 0.3) is 11.8 Å². The van der Waals surface area contributed by atoms with E-state index < -0.39 is 6.04 Å². The summed E-state index contributed by atoms with van der Waals surface area (Å²) in [7, 11) is 3.15. The normalized spacial score (nSPS) is 16.9. The largest absolute Gasteiger partial charge is 0.493 e. The quantitative estimate of drug-likeness (QED) is 0.736. The predicted molar refractivity (Wildman–Crippen MR) is 113 cm³/mol. The van der Waals surface area contributed by atoms with Crippen molar-refractivity contribution >= 4 is 29.1 Å². The number of nitrogens with one attached hydrogen (secondary N) is 1. The van der Waals surface area contributed by atoms with E-state index in [0.29, 0.717) is 35.1 Å². The molecular weight excluding hydrogens is 392 g/mol. The molecule has 0 bridgehead atoms. The summed E-state index contributed by atoms with van der Waals surface area (Å²) in [6.07, 6.45) is 2.27. The molecule has 1 saturated heterocycles. The first kappa shape index (κ1) is 21.0. The minimum Gasteiger partial charge on any atom is -0.493 e. The second kappa shape index (κ2) is 9.18. The fraction of sp³-hybridized carbons (Fsp3) is 0.364. The number of aryl methyl sites for hydroxylation is 1. The van der Waals surface area contributed by atoms with Crippen molar-refractivity contribution in [1.29, 1.82) is 0 Å². The van der Waals surface area contributed by atoms with Crippen LogP contribution in [0.15, 0.2) is 36.4 Å². The van der Waals surface area contributed by atoms with Gasteiger partial charge in [0, 0.05) is 28.9 Å². The summed E-state index contributed by atoms with van der Waals surface area (Å²) < 4.78 is 10.7. The molecule has 6 nitrogen and oxygen atoms in total. The Balaban J connectivity index is 1.83. The SMILES string of the molecule is COc1cc(C)c(N[C@@H]2CCCCN(C(=O)c3ccc(Cl)cc3)C2=O)cc1OC. The summed E-state index contributed by atoms with van der Waals surface area (Å²) in [5.41, 5.74) is 2.16. The standard InChI is InChI=1S/C22H25ClN2O4/c1-14-12-19(28-2)20(29-3)13-18(14)24-17-6-4-5-11-25(22(17)27)21(26)15-7-9-16(23)10-8-15/h7-10,12-13,17,24H,4-6,11H2,1-3H3/t17-/m1/s1. The number of benzene rings is 2. The zero-order valence-corrected chi connectivity index (χ0v) is 17.6. The van der Waals surface area contributed by atoms with E-state index in [2.05, 4.69) is 5.32 Å². The van der Waals surface area contributed by atoms with Crippen LogP contribution in [-0.4, -0.2) is 43.5 Å². The second-order valence-electron chi connectivity index (χ2n) is 7.02. The summed E-state index contributed by atoms with van der Waals surface area (Å²) in [5.74, 6) is 0.680. The number of ether oxygens (including phenoxy) is 2. The molecule has 0 unspecified atom stereocenters. The molecule has 1 fully saturated rings. The van der Waals surface area contributed by atoms with Crippen molar-refractivity contribution in [3.8, 4) is 11.5 Å². The zero-order valence-electron chi connectivity index (χ0n) is 16.8. The molecule has 1 heterocycles. The number of likely N-dealkylation sites (tertiary alicyclic amines) is 1. The van der Waals surface area contributed by atoms with E-state index in [1.165, 1.54) is 4.90 Å². The highest BCUT2D eigenvalue weighted by atomic mass is 35.5. The Morgan fingerprint density at radius 1 is 1.10 bits per heavy atom. The Labute approximate surface area is 175 Å². The fourth-order valence-electron chi connectivity index (χ4n) is 3.45. The number of halogens is 1. The van der Waals surface area contributed by atoms with Gasteiger partial charge in [-0.3, -0.25) is 14.5 Å². The van der Waals surface area contributed by atoms with Gasteiger partial charge in [0.15, 0.2) is 11.5 Å². The second-order valence-corrected chi connectivity index (χ2v) is 7.45. The number of anilines is 1. The molecule has 0 aliphatic carbocycles. The molecule has 2 amide bonds. The van der Waals surface area contributed by atoms with E-state index >= 15 is 0 Å². The monoisotopic (exact) mass is 416 g/mol. The third-order valence-corrected chi connectivity index (χ3v) is 5.34. The number of nitrogens with zero attached hydrogens (tertiary/aromatic N) is 1. The third kappa shape index (κ3) is 4.65. The van der Waals surface area contributed by atoms with Crippen molar-refractivity contribution in [3.05, 3.63) is 52.5 Å². The number of hydrogen-bond acceptors (Lipinski definition) is 5. The van der Waals surface area contributed by atoms with Crippen LogP contribution >= 0.6 is 11.6 Å². The van der Waals surface area contributed by atoms with Gasteiger partial charge in [-0.2, -0.15) is 0 Å². The molecule has 2 aromatic rings. The summed E-state index contributed by atoms with van der Waals surface area (Å²) in [5, 5.41) is 3.86. The van der Waals surface area contributed by atoms with E-state index in [1.54, 1.807) is 38.5 Å². The highest BCUT2D eigenvalue weighted by Crippen LogP contribution is 2.33. The van der Waals surface area contributed by atoms with Gasteiger partial charge in [0.2, 0.25) is 0 Å². The molecule has 3 rings (SSSR count). The summed E-state index contributed by atoms with van der Waals surface area (Å²) in [6, 6.07) is 9.77. The van der Waals surface area contributed by atoms with Crippen molar-refractivity contribution in [2.24, 2.45) is 0 Å². The number of methoxy groups -OCH3 is 2. The molecule has 2 aromatic carbocycles. The molecule has 0 aromatic heterocycles. The maximum Gasteiger partial charge on any atom is 0.260 e. The molecule has 29 heavy (non-hydrogen) atoms. The molecule has 0 saturated carbocycles. The predicted octanol–water partition coefficient (Wildman–Crippen LogP) is 4.30. The number of amides is 2. The van der Waals surface area contributed by atoms with Gasteiger partial charge in [-0.05, 0) is 62.1 Å². The maximum absolute atomic E-state index is 13.2. The molecule has 1 aliphatic rings. The van der Waals surface area contributed by atoms with Crippen LogP contribution in [0, 0.1) is 6.92 Å². The van der Waals surface area contributed by atoms with E-state index in [0.717, 1.165) is 24.1 Å². The average molecular weight is 417 g/mol. The van der Waals surface area contributed by atoms with Crippen molar-refractivity contribution < 1.29 is 19.1 Å². The van der Waals surface area contributed by atoms with E-state index in [9.17, 15) is 9.59 Å². The molecular formula is C22H25ClN2O4. The van der Waals surface area contributed by atoms with Crippen LogP contribution in [0.1, 0.15) is 35.2 Å². The highest BCUT2D eigenvalue weighted by molar-refractivity contribution is 6.30. The van der Waals surface area contributed by atoms with E-state index in [1.807, 2.05) is 19.1 Å². The minimum absolute atomic E-state index is 0.225. The molecule has 0 spiro atoms. The lowest BCUT2D eigenvalue weighted by Crippen LogP contribution is -2.45. The van der Waals surface area contributed by atoms with Gasteiger partial charge in [-0.1, -0.05) is 11.6 Å². The molecule has 0 radical (unpaired) electrons. The number of imide groups is 1. The van der Waals surface area contributed by atoms with Gasteiger partial charge in [0.05, 0.1) is 14.2 Å². The molecule has 1 N–H and O–H groups in total. The maximum atomic E-state index is 13.2. The number of rotatable bonds is 5. The van der Waals surface area contributed by atoms with Crippen molar-refractivity contribution in [2.75, 3.05) is 26.1 Å². The molecule has 154 valence electrons. The Morgan fingerprint density at radius 3 is 2.41 bits per heavy atom. The van der Waals surface area contributed by atoms with Crippen LogP contribution in [0.25, 0.3) is 0 Å². The lowest BCUT2D eigenvalue weighted by atomic mass is 10.1. The van der Waals surface area contributed by atoms with Crippen LogP contribution in [-0.2, 0) is 4.79 Å². The van der Waals surface area contributed by atoms with Gasteiger partial charge >= 0.3 is 0 Å². The van der Waals surface area contributed by atoms with Gasteiger partial charge in [-0.25, -0.2) is 0 Å². The molecule has 7 heteroatoms. The number of hydrogen-bond donors (Lipinski definition) is 1.